The summed E-state index contributed by atoms with van der Waals surface area (Å²) < 4.78 is 17.4. The minimum atomic E-state index is 0.0272. The fraction of sp³-hybridized carbons (Fsp3) is 0.421. The number of ether oxygens (including phenoxy) is 3. The van der Waals surface area contributed by atoms with E-state index in [4.69, 9.17) is 14.2 Å². The summed E-state index contributed by atoms with van der Waals surface area (Å²) in [6.45, 7) is 2.70. The molecule has 0 unspecified atom stereocenters. The number of nitrogens with zero attached hydrogens (tertiary/aromatic N) is 2. The number of morpholine rings is 1. The first-order chi connectivity index (χ1) is 11.8. The second kappa shape index (κ2) is 6.42. The Hall–Kier alpha value is -2.11. The van der Waals surface area contributed by atoms with Crippen LogP contribution in [0.4, 0.5) is 0 Å². The van der Waals surface area contributed by atoms with E-state index < -0.39 is 0 Å². The average molecular weight is 326 g/mol. The standard InChI is InChI=1S/C19H22N2O3/c1-22-16-3-4-17(23-2)19-15(16)9-14-11-21(12-18(19)24-14)10-13-5-7-20-8-6-13/h3-8,14,18H,9-12H2,1-2H3/t14-,18-/m1/s1. The molecular weight excluding hydrogens is 304 g/mol. The van der Waals surface area contributed by atoms with E-state index in [0.29, 0.717) is 0 Å². The highest BCUT2D eigenvalue weighted by Crippen LogP contribution is 2.43. The number of benzene rings is 1. The average Bonchev–Trinajstić information content (AvgIpc) is 2.61. The molecule has 5 heteroatoms. The molecule has 4 rings (SSSR count). The summed E-state index contributed by atoms with van der Waals surface area (Å²) in [5, 5.41) is 0. The van der Waals surface area contributed by atoms with Crippen molar-refractivity contribution in [2.24, 2.45) is 0 Å². The zero-order valence-electron chi connectivity index (χ0n) is 14.1. The molecule has 0 N–H and O–H groups in total. The van der Waals surface area contributed by atoms with Crippen molar-refractivity contribution in [2.75, 3.05) is 27.3 Å². The van der Waals surface area contributed by atoms with Crippen molar-refractivity contribution in [2.45, 2.75) is 25.2 Å². The fourth-order valence-electron chi connectivity index (χ4n) is 3.85. The van der Waals surface area contributed by atoms with Gasteiger partial charge < -0.3 is 14.2 Å². The van der Waals surface area contributed by atoms with E-state index in [0.717, 1.165) is 43.1 Å². The second-order valence-corrected chi connectivity index (χ2v) is 6.36. The van der Waals surface area contributed by atoms with Crippen molar-refractivity contribution in [3.63, 3.8) is 0 Å². The highest BCUT2D eigenvalue weighted by molar-refractivity contribution is 5.51. The number of aromatic nitrogens is 1. The van der Waals surface area contributed by atoms with Crippen LogP contribution < -0.4 is 9.47 Å². The summed E-state index contributed by atoms with van der Waals surface area (Å²) in [5.74, 6) is 1.83. The maximum absolute atomic E-state index is 6.27. The molecule has 2 aromatic rings. The number of fused-ring (bicyclic) bond motifs is 4. The predicted octanol–water partition coefficient (Wildman–Crippen LogP) is 2.60. The van der Waals surface area contributed by atoms with Gasteiger partial charge in [0, 0.05) is 49.6 Å². The molecule has 3 heterocycles. The van der Waals surface area contributed by atoms with Crippen LogP contribution in [0.1, 0.15) is 22.8 Å². The number of methoxy groups -OCH3 is 2. The van der Waals surface area contributed by atoms with E-state index in [1.165, 1.54) is 11.1 Å². The van der Waals surface area contributed by atoms with Crippen molar-refractivity contribution >= 4 is 0 Å². The van der Waals surface area contributed by atoms with Gasteiger partial charge in [-0.1, -0.05) is 0 Å². The molecular formula is C19H22N2O3. The minimum Gasteiger partial charge on any atom is -0.496 e. The van der Waals surface area contributed by atoms with Crippen molar-refractivity contribution in [3.05, 3.63) is 53.3 Å². The van der Waals surface area contributed by atoms with Gasteiger partial charge >= 0.3 is 0 Å². The van der Waals surface area contributed by atoms with E-state index >= 15 is 0 Å². The van der Waals surface area contributed by atoms with Crippen LogP contribution in [0.15, 0.2) is 36.7 Å². The van der Waals surface area contributed by atoms with Crippen LogP contribution >= 0.6 is 0 Å². The lowest BCUT2D eigenvalue weighted by Gasteiger charge is -2.43. The van der Waals surface area contributed by atoms with Gasteiger partial charge in [-0.3, -0.25) is 9.88 Å². The highest BCUT2D eigenvalue weighted by atomic mass is 16.5. The molecule has 1 aromatic heterocycles. The Kier molecular flexibility index (Phi) is 4.12. The maximum Gasteiger partial charge on any atom is 0.125 e. The molecule has 0 aliphatic carbocycles. The van der Waals surface area contributed by atoms with Crippen molar-refractivity contribution in [1.29, 1.82) is 0 Å². The largest absolute Gasteiger partial charge is 0.496 e. The predicted molar refractivity (Wildman–Crippen MR) is 90.4 cm³/mol. The summed E-state index contributed by atoms with van der Waals surface area (Å²) in [7, 11) is 3.44. The van der Waals surface area contributed by atoms with Gasteiger partial charge in [0.15, 0.2) is 0 Å². The third-order valence-corrected chi connectivity index (χ3v) is 4.87. The molecule has 2 aliphatic heterocycles. The Morgan fingerprint density at radius 3 is 2.58 bits per heavy atom. The number of pyridine rings is 1. The van der Waals surface area contributed by atoms with Gasteiger partial charge in [0.2, 0.25) is 0 Å². The quantitative estimate of drug-likeness (QED) is 0.864. The topological polar surface area (TPSA) is 43.8 Å². The van der Waals surface area contributed by atoms with Crippen LogP contribution in [0.3, 0.4) is 0 Å². The van der Waals surface area contributed by atoms with Gasteiger partial charge in [-0.25, -0.2) is 0 Å². The van der Waals surface area contributed by atoms with Gasteiger partial charge in [-0.2, -0.15) is 0 Å². The fourth-order valence-corrected chi connectivity index (χ4v) is 3.85. The lowest BCUT2D eigenvalue weighted by molar-refractivity contribution is -0.0997. The monoisotopic (exact) mass is 326 g/mol. The lowest BCUT2D eigenvalue weighted by Crippen LogP contribution is -2.47. The van der Waals surface area contributed by atoms with Crippen molar-refractivity contribution < 1.29 is 14.2 Å². The number of hydrogen-bond acceptors (Lipinski definition) is 5. The van der Waals surface area contributed by atoms with E-state index in [1.807, 2.05) is 24.5 Å². The molecule has 0 amide bonds. The molecule has 24 heavy (non-hydrogen) atoms. The zero-order valence-corrected chi connectivity index (χ0v) is 14.1. The van der Waals surface area contributed by atoms with Gasteiger partial charge in [0.25, 0.3) is 0 Å². The summed E-state index contributed by atoms with van der Waals surface area (Å²) in [5.41, 5.74) is 3.66. The van der Waals surface area contributed by atoms with Crippen molar-refractivity contribution in [3.8, 4) is 11.5 Å². The number of hydrogen-bond donors (Lipinski definition) is 0. The Morgan fingerprint density at radius 2 is 1.83 bits per heavy atom. The Bertz CT molecular complexity index is 720. The minimum absolute atomic E-state index is 0.0272. The van der Waals surface area contributed by atoms with Gasteiger partial charge in [0.1, 0.15) is 11.5 Å². The molecule has 1 fully saturated rings. The zero-order chi connectivity index (χ0) is 16.5. The van der Waals surface area contributed by atoms with Crippen LogP contribution in [-0.2, 0) is 17.7 Å². The van der Waals surface area contributed by atoms with Crippen LogP contribution in [0, 0.1) is 0 Å². The smallest absolute Gasteiger partial charge is 0.125 e. The summed E-state index contributed by atoms with van der Waals surface area (Å²) >= 11 is 0. The Balaban J connectivity index is 1.63. The Morgan fingerprint density at radius 1 is 1.08 bits per heavy atom. The molecule has 0 spiro atoms. The first-order valence-electron chi connectivity index (χ1n) is 8.29. The number of rotatable bonds is 4. The van der Waals surface area contributed by atoms with Crippen LogP contribution in [0.2, 0.25) is 0 Å². The summed E-state index contributed by atoms with van der Waals surface area (Å²) in [6.07, 6.45) is 4.78. The van der Waals surface area contributed by atoms with Crippen LogP contribution in [0.25, 0.3) is 0 Å². The van der Waals surface area contributed by atoms with E-state index in [1.54, 1.807) is 14.2 Å². The van der Waals surface area contributed by atoms with Crippen molar-refractivity contribution in [1.82, 2.24) is 9.88 Å². The molecule has 2 aliphatic rings. The maximum atomic E-state index is 6.27. The third kappa shape index (κ3) is 2.74. The first kappa shape index (κ1) is 15.4. The van der Waals surface area contributed by atoms with Crippen LogP contribution in [0.5, 0.6) is 11.5 Å². The molecule has 5 nitrogen and oxygen atoms in total. The molecule has 0 saturated carbocycles. The molecule has 2 atom stereocenters. The van der Waals surface area contributed by atoms with E-state index in [2.05, 4.69) is 22.0 Å². The molecule has 0 radical (unpaired) electrons. The lowest BCUT2D eigenvalue weighted by atomic mass is 9.89. The normalized spacial score (nSPS) is 22.8. The summed E-state index contributed by atoms with van der Waals surface area (Å²) in [4.78, 5) is 6.55. The molecule has 1 saturated heterocycles. The second-order valence-electron chi connectivity index (χ2n) is 6.36. The molecule has 126 valence electrons. The third-order valence-electron chi connectivity index (χ3n) is 4.87. The van der Waals surface area contributed by atoms with Gasteiger partial charge in [0.05, 0.1) is 26.4 Å². The van der Waals surface area contributed by atoms with Gasteiger partial charge in [-0.05, 0) is 29.8 Å². The Labute approximate surface area is 142 Å². The molecule has 1 aromatic carbocycles. The SMILES string of the molecule is COc1ccc(OC)c2c1C[C@@H]1CN(Cc3ccncc3)C[C@H]2O1. The van der Waals surface area contributed by atoms with Gasteiger partial charge in [-0.15, -0.1) is 0 Å². The highest BCUT2D eigenvalue weighted by Gasteiger charge is 2.38. The van der Waals surface area contributed by atoms with Crippen LogP contribution in [-0.4, -0.2) is 43.3 Å². The van der Waals surface area contributed by atoms with E-state index in [9.17, 15) is 0 Å². The first-order valence-corrected chi connectivity index (χ1v) is 8.29. The summed E-state index contributed by atoms with van der Waals surface area (Å²) in [6, 6.07) is 8.11. The molecule has 2 bridgehead atoms. The van der Waals surface area contributed by atoms with E-state index in [-0.39, 0.29) is 12.2 Å².